The third kappa shape index (κ3) is 5.90. The smallest absolute Gasteiger partial charge is 0.188 e. The summed E-state index contributed by atoms with van der Waals surface area (Å²) in [6.45, 7) is 0.0233. The highest BCUT2D eigenvalue weighted by Gasteiger charge is 2.09. The molecular formula is C21H24O7. The number of aliphatic hydroxyl groups is 1. The van der Waals surface area contributed by atoms with E-state index >= 15 is 0 Å². The molecule has 0 bridgehead atoms. The van der Waals surface area contributed by atoms with Crippen molar-refractivity contribution in [3.8, 4) is 11.5 Å². The van der Waals surface area contributed by atoms with Gasteiger partial charge in [-0.1, -0.05) is 24.3 Å². The van der Waals surface area contributed by atoms with Crippen LogP contribution < -0.4 is 9.47 Å². The molecule has 7 nitrogen and oxygen atoms in total. The molecule has 2 rings (SSSR count). The van der Waals surface area contributed by atoms with E-state index in [-0.39, 0.29) is 25.8 Å². The van der Waals surface area contributed by atoms with E-state index in [2.05, 4.69) is 4.89 Å². The second kappa shape index (κ2) is 11.2. The highest BCUT2D eigenvalue weighted by atomic mass is 17.1. The average molecular weight is 388 g/mol. The Bertz CT molecular complexity index is 814. The first-order valence-electron chi connectivity index (χ1n) is 8.64. The summed E-state index contributed by atoms with van der Waals surface area (Å²) in [5.74, 6) is 0.880. The summed E-state index contributed by atoms with van der Waals surface area (Å²) in [5.41, 5.74) is 2.67. The first-order chi connectivity index (χ1) is 13.6. The summed E-state index contributed by atoms with van der Waals surface area (Å²) in [7, 11) is 3.07. The Morgan fingerprint density at radius 1 is 1.07 bits per heavy atom. The van der Waals surface area contributed by atoms with Crippen LogP contribution in [-0.4, -0.2) is 43.8 Å². The Morgan fingerprint density at radius 3 is 2.57 bits per heavy atom. The van der Waals surface area contributed by atoms with Crippen LogP contribution in [0, 0.1) is 0 Å². The lowest BCUT2D eigenvalue weighted by atomic mass is 9.99. The molecule has 0 saturated heterocycles. The largest absolute Gasteiger partial charge is 0.493 e. The van der Waals surface area contributed by atoms with Crippen LogP contribution in [0.4, 0.5) is 0 Å². The Morgan fingerprint density at radius 2 is 1.89 bits per heavy atom. The van der Waals surface area contributed by atoms with Crippen molar-refractivity contribution in [1.29, 1.82) is 0 Å². The molecule has 0 amide bonds. The maximum Gasteiger partial charge on any atom is 0.188 e. The minimum atomic E-state index is -0.203. The highest BCUT2D eigenvalue weighted by molar-refractivity contribution is 6.07. The van der Waals surface area contributed by atoms with Gasteiger partial charge in [-0.15, -0.1) is 0 Å². The van der Waals surface area contributed by atoms with Crippen molar-refractivity contribution in [1.82, 2.24) is 0 Å². The highest BCUT2D eigenvalue weighted by Crippen LogP contribution is 2.28. The number of rotatable bonds is 11. The molecule has 0 unspecified atom stereocenters. The maximum atomic E-state index is 12.5. The molecule has 150 valence electrons. The molecule has 0 radical (unpaired) electrons. The van der Waals surface area contributed by atoms with Gasteiger partial charge in [0.15, 0.2) is 24.1 Å². The van der Waals surface area contributed by atoms with E-state index in [1.165, 1.54) is 20.3 Å². The summed E-state index contributed by atoms with van der Waals surface area (Å²) in [5, 5.41) is 18.0. The van der Waals surface area contributed by atoms with Gasteiger partial charge < -0.3 is 19.3 Å². The Hall–Kier alpha value is -2.71. The van der Waals surface area contributed by atoms with Crippen LogP contribution in [0.3, 0.4) is 0 Å². The molecule has 0 aliphatic carbocycles. The van der Waals surface area contributed by atoms with Gasteiger partial charge in [0.1, 0.15) is 0 Å². The standard InChI is InChI=1S/C21H24O7/c1-25-14-27-20-8-4-15(11-21(20)26-2)3-7-19(23)17-6-5-16(9-10-28-24)18(12-17)13-22/h3-8,11-12,22,24H,9-10,13-14H2,1-2H3/b7-3+. The lowest BCUT2D eigenvalue weighted by Crippen LogP contribution is -2.03. The number of aliphatic hydroxyl groups excluding tert-OH is 1. The molecule has 2 N–H and O–H groups in total. The van der Waals surface area contributed by atoms with Gasteiger partial charge in [-0.3, -0.25) is 10.1 Å². The quantitative estimate of drug-likeness (QED) is 0.201. The molecular weight excluding hydrogens is 364 g/mol. The third-order valence-corrected chi connectivity index (χ3v) is 4.07. The fourth-order valence-electron chi connectivity index (χ4n) is 2.62. The van der Waals surface area contributed by atoms with Crippen molar-refractivity contribution in [3.05, 3.63) is 64.7 Å². The Kier molecular flexibility index (Phi) is 8.64. The zero-order valence-corrected chi connectivity index (χ0v) is 15.9. The predicted octanol–water partition coefficient (Wildman–Crippen LogP) is 3.10. The van der Waals surface area contributed by atoms with Gasteiger partial charge in [-0.25, -0.2) is 4.89 Å². The van der Waals surface area contributed by atoms with Crippen LogP contribution >= 0.6 is 0 Å². The molecule has 2 aromatic rings. The van der Waals surface area contributed by atoms with Crippen LogP contribution in [-0.2, 0) is 22.7 Å². The van der Waals surface area contributed by atoms with Gasteiger partial charge in [0.2, 0.25) is 0 Å². The summed E-state index contributed by atoms with van der Waals surface area (Å²) in [6, 6.07) is 10.4. The number of hydrogen-bond acceptors (Lipinski definition) is 7. The molecule has 2 aromatic carbocycles. The molecule has 0 heterocycles. The van der Waals surface area contributed by atoms with Gasteiger partial charge in [-0.05, 0) is 47.4 Å². The lowest BCUT2D eigenvalue weighted by Gasteiger charge is -2.10. The molecule has 7 heteroatoms. The fourth-order valence-corrected chi connectivity index (χ4v) is 2.62. The van der Waals surface area contributed by atoms with E-state index in [0.29, 0.717) is 29.0 Å². The van der Waals surface area contributed by atoms with Gasteiger partial charge in [0, 0.05) is 12.7 Å². The first-order valence-corrected chi connectivity index (χ1v) is 8.64. The number of carbonyl (C=O) groups excluding carboxylic acids is 1. The SMILES string of the molecule is COCOc1ccc(/C=C/C(=O)c2ccc(CCOO)c(CO)c2)cc1OC. The van der Waals surface area contributed by atoms with Crippen LogP contribution in [0.2, 0.25) is 0 Å². The zero-order valence-electron chi connectivity index (χ0n) is 15.9. The van der Waals surface area contributed by atoms with Gasteiger partial charge >= 0.3 is 0 Å². The minimum absolute atomic E-state index is 0.109. The van der Waals surface area contributed by atoms with Crippen molar-refractivity contribution in [2.45, 2.75) is 13.0 Å². The second-order valence-electron chi connectivity index (χ2n) is 5.88. The van der Waals surface area contributed by atoms with Crippen molar-refractivity contribution in [2.24, 2.45) is 0 Å². The second-order valence-corrected chi connectivity index (χ2v) is 5.88. The molecule has 0 aliphatic heterocycles. The van der Waals surface area contributed by atoms with E-state index in [1.54, 1.807) is 42.5 Å². The number of methoxy groups -OCH3 is 2. The van der Waals surface area contributed by atoms with Crippen LogP contribution in [0.15, 0.2) is 42.5 Å². The zero-order chi connectivity index (χ0) is 20.4. The molecule has 0 fully saturated rings. The van der Waals surface area contributed by atoms with E-state index in [1.807, 2.05) is 0 Å². The fraction of sp³-hybridized carbons (Fsp3) is 0.286. The van der Waals surface area contributed by atoms with Crippen molar-refractivity contribution in [2.75, 3.05) is 27.6 Å². The number of carbonyl (C=O) groups is 1. The monoisotopic (exact) mass is 388 g/mol. The molecule has 0 spiro atoms. The molecule has 0 saturated carbocycles. The lowest BCUT2D eigenvalue weighted by molar-refractivity contribution is -0.241. The van der Waals surface area contributed by atoms with Crippen molar-refractivity contribution < 1.29 is 34.3 Å². The average Bonchev–Trinajstić information content (AvgIpc) is 2.74. The topological polar surface area (TPSA) is 94.5 Å². The molecule has 0 aliphatic rings. The Labute approximate surface area is 163 Å². The molecule has 28 heavy (non-hydrogen) atoms. The van der Waals surface area contributed by atoms with E-state index in [0.717, 1.165) is 11.1 Å². The van der Waals surface area contributed by atoms with E-state index in [9.17, 15) is 9.90 Å². The van der Waals surface area contributed by atoms with Gasteiger partial charge in [-0.2, -0.15) is 0 Å². The van der Waals surface area contributed by atoms with Crippen LogP contribution in [0.25, 0.3) is 6.08 Å². The van der Waals surface area contributed by atoms with Crippen LogP contribution in [0.5, 0.6) is 11.5 Å². The maximum absolute atomic E-state index is 12.5. The van der Waals surface area contributed by atoms with Crippen molar-refractivity contribution in [3.63, 3.8) is 0 Å². The van der Waals surface area contributed by atoms with Gasteiger partial charge in [0.05, 0.1) is 20.3 Å². The molecule has 0 atom stereocenters. The number of ether oxygens (including phenoxy) is 3. The number of ketones is 1. The van der Waals surface area contributed by atoms with E-state index < -0.39 is 0 Å². The van der Waals surface area contributed by atoms with Gasteiger partial charge in [0.25, 0.3) is 0 Å². The third-order valence-electron chi connectivity index (χ3n) is 4.07. The van der Waals surface area contributed by atoms with E-state index in [4.69, 9.17) is 19.5 Å². The van der Waals surface area contributed by atoms with Crippen LogP contribution in [0.1, 0.15) is 27.0 Å². The predicted molar refractivity (Wildman–Crippen MR) is 104 cm³/mol. The Balaban J connectivity index is 2.14. The first kappa shape index (κ1) is 21.6. The van der Waals surface area contributed by atoms with Crippen molar-refractivity contribution >= 4 is 11.9 Å². The number of benzene rings is 2. The summed E-state index contributed by atoms with van der Waals surface area (Å²) in [4.78, 5) is 16.5. The summed E-state index contributed by atoms with van der Waals surface area (Å²) in [6.07, 6.45) is 3.57. The number of hydrogen-bond donors (Lipinski definition) is 2. The summed E-state index contributed by atoms with van der Waals surface area (Å²) >= 11 is 0. The number of allylic oxidation sites excluding steroid dienone is 1. The molecule has 0 aromatic heterocycles. The minimum Gasteiger partial charge on any atom is -0.493 e. The normalized spacial score (nSPS) is 11.0. The summed E-state index contributed by atoms with van der Waals surface area (Å²) < 4.78 is 15.6.